The van der Waals surface area contributed by atoms with E-state index in [-0.39, 0.29) is 5.96 Å². The van der Waals surface area contributed by atoms with Crippen LogP contribution in [-0.2, 0) is 4.74 Å². The average molecular weight is 174 g/mol. The second-order valence-corrected chi connectivity index (χ2v) is 2.19. The van der Waals surface area contributed by atoms with Crippen molar-refractivity contribution >= 4 is 12.0 Å². The first-order valence-corrected chi connectivity index (χ1v) is 3.59. The summed E-state index contributed by atoms with van der Waals surface area (Å²) in [4.78, 5) is 12.6. The molecular formula is C6H14N4O2. The molecule has 1 fully saturated rings. The molecule has 0 aliphatic carbocycles. The Bertz CT molecular complexity index is 153. The predicted molar refractivity (Wildman–Crippen MR) is 45.4 cm³/mol. The summed E-state index contributed by atoms with van der Waals surface area (Å²) >= 11 is 0. The van der Waals surface area contributed by atoms with Crippen molar-refractivity contribution in [3.8, 4) is 0 Å². The molecule has 0 unspecified atom stereocenters. The van der Waals surface area contributed by atoms with Gasteiger partial charge in [0.15, 0.2) is 5.96 Å². The standard InChI is InChI=1S/C4H8O.C2H6N4O/c1-2-4-5-3-1;3-1(4)6-2(5)7/h1-4H2;(H6,3,4,5,6,7). The normalized spacial score (nSPS) is 14.3. The van der Waals surface area contributed by atoms with Crippen LogP contribution in [0.5, 0.6) is 0 Å². The van der Waals surface area contributed by atoms with Crippen LogP contribution < -0.4 is 17.2 Å². The van der Waals surface area contributed by atoms with Crippen LogP contribution in [0.2, 0.25) is 0 Å². The molecule has 6 nitrogen and oxygen atoms in total. The van der Waals surface area contributed by atoms with Gasteiger partial charge in [0.2, 0.25) is 0 Å². The molecule has 1 aliphatic rings. The van der Waals surface area contributed by atoms with Gasteiger partial charge in [0.1, 0.15) is 0 Å². The zero-order chi connectivity index (χ0) is 9.40. The maximum atomic E-state index is 9.68. The number of amides is 2. The molecule has 1 heterocycles. The average Bonchev–Trinajstić information content (AvgIpc) is 2.36. The first kappa shape index (κ1) is 10.7. The Morgan fingerprint density at radius 1 is 1.17 bits per heavy atom. The van der Waals surface area contributed by atoms with Crippen LogP contribution in [0.15, 0.2) is 4.99 Å². The smallest absolute Gasteiger partial charge is 0.341 e. The predicted octanol–water partition coefficient (Wildman–Crippen LogP) is -0.865. The number of guanidine groups is 1. The number of rotatable bonds is 0. The first-order chi connectivity index (χ1) is 5.63. The number of ether oxygens (including phenoxy) is 1. The molecule has 0 radical (unpaired) electrons. The molecule has 1 saturated heterocycles. The third kappa shape index (κ3) is 8.70. The Morgan fingerprint density at radius 3 is 1.75 bits per heavy atom. The van der Waals surface area contributed by atoms with Gasteiger partial charge >= 0.3 is 6.03 Å². The van der Waals surface area contributed by atoms with Crippen molar-refractivity contribution < 1.29 is 9.53 Å². The molecule has 2 amide bonds. The Hall–Kier alpha value is -1.30. The largest absolute Gasteiger partial charge is 0.381 e. The zero-order valence-corrected chi connectivity index (χ0v) is 6.82. The second kappa shape index (κ2) is 6.41. The minimum Gasteiger partial charge on any atom is -0.381 e. The molecule has 70 valence electrons. The van der Waals surface area contributed by atoms with Gasteiger partial charge in [-0.15, -0.1) is 0 Å². The van der Waals surface area contributed by atoms with Gasteiger partial charge in [-0.2, -0.15) is 4.99 Å². The quantitative estimate of drug-likeness (QED) is 0.327. The summed E-state index contributed by atoms with van der Waals surface area (Å²) in [6.45, 7) is 2.00. The lowest BCUT2D eigenvalue weighted by Crippen LogP contribution is -2.25. The lowest BCUT2D eigenvalue weighted by atomic mass is 10.4. The summed E-state index contributed by atoms with van der Waals surface area (Å²) in [6, 6.07) is -0.875. The minimum absolute atomic E-state index is 0.312. The third-order valence-corrected chi connectivity index (χ3v) is 1.07. The molecular weight excluding hydrogens is 160 g/mol. The molecule has 0 spiro atoms. The van der Waals surface area contributed by atoms with Gasteiger partial charge < -0.3 is 21.9 Å². The molecule has 0 aromatic carbocycles. The number of nitrogens with two attached hydrogens (primary N) is 3. The highest BCUT2D eigenvalue weighted by Crippen LogP contribution is 1.98. The van der Waals surface area contributed by atoms with Crippen molar-refractivity contribution in [2.24, 2.45) is 22.2 Å². The maximum absolute atomic E-state index is 9.68. The fourth-order valence-corrected chi connectivity index (χ4v) is 0.638. The van der Waals surface area contributed by atoms with Gasteiger partial charge in [-0.05, 0) is 12.8 Å². The first-order valence-electron chi connectivity index (χ1n) is 3.59. The van der Waals surface area contributed by atoms with Crippen LogP contribution in [0.1, 0.15) is 12.8 Å². The highest BCUT2D eigenvalue weighted by atomic mass is 16.5. The van der Waals surface area contributed by atoms with Crippen molar-refractivity contribution in [3.63, 3.8) is 0 Å². The summed E-state index contributed by atoms with van der Waals surface area (Å²) in [5.74, 6) is -0.312. The topological polar surface area (TPSA) is 117 Å². The van der Waals surface area contributed by atoms with E-state index < -0.39 is 6.03 Å². The van der Waals surface area contributed by atoms with Crippen LogP contribution in [0.4, 0.5) is 4.79 Å². The van der Waals surface area contributed by atoms with E-state index in [9.17, 15) is 4.79 Å². The summed E-state index contributed by atoms with van der Waals surface area (Å²) in [7, 11) is 0. The fourth-order valence-electron chi connectivity index (χ4n) is 0.638. The number of primary amides is 1. The Balaban J connectivity index is 0.000000211. The van der Waals surface area contributed by atoms with Gasteiger partial charge in [-0.3, -0.25) is 0 Å². The van der Waals surface area contributed by atoms with Crippen molar-refractivity contribution in [3.05, 3.63) is 0 Å². The number of hydrogen-bond donors (Lipinski definition) is 3. The number of carbonyl (C=O) groups is 1. The molecule has 0 bridgehead atoms. The molecule has 6 heteroatoms. The Labute approximate surface area is 70.8 Å². The fraction of sp³-hybridized carbons (Fsp3) is 0.667. The molecule has 0 aromatic rings. The van der Waals surface area contributed by atoms with E-state index in [1.54, 1.807) is 0 Å². The lowest BCUT2D eigenvalue weighted by Gasteiger charge is -1.82. The van der Waals surface area contributed by atoms with Gasteiger partial charge in [0.25, 0.3) is 0 Å². The highest BCUT2D eigenvalue weighted by molar-refractivity contribution is 5.89. The lowest BCUT2D eigenvalue weighted by molar-refractivity contribution is 0.198. The summed E-state index contributed by atoms with van der Waals surface area (Å²) in [5, 5.41) is 0. The monoisotopic (exact) mass is 174 g/mol. The van der Waals surface area contributed by atoms with Crippen molar-refractivity contribution in [1.82, 2.24) is 0 Å². The summed E-state index contributed by atoms with van der Waals surface area (Å²) in [5.41, 5.74) is 13.9. The van der Waals surface area contributed by atoms with E-state index in [0.717, 1.165) is 13.2 Å². The van der Waals surface area contributed by atoms with Crippen molar-refractivity contribution in [2.45, 2.75) is 12.8 Å². The molecule has 6 N–H and O–H groups in total. The molecule has 12 heavy (non-hydrogen) atoms. The Kier molecular flexibility index (Phi) is 5.72. The van der Waals surface area contributed by atoms with Gasteiger partial charge in [-0.1, -0.05) is 0 Å². The SMILES string of the molecule is C1CCOC1.NC(=O)N=C(N)N. The van der Waals surface area contributed by atoms with E-state index in [0.29, 0.717) is 0 Å². The molecule has 1 rings (SSSR count). The van der Waals surface area contributed by atoms with Crippen LogP contribution in [0, 0.1) is 0 Å². The second-order valence-electron chi connectivity index (χ2n) is 2.19. The van der Waals surface area contributed by atoms with E-state index >= 15 is 0 Å². The van der Waals surface area contributed by atoms with Gasteiger partial charge in [0, 0.05) is 13.2 Å². The molecule has 0 saturated carbocycles. The number of aliphatic imine (C=N–C) groups is 1. The number of hydrogen-bond acceptors (Lipinski definition) is 2. The molecule has 1 aliphatic heterocycles. The van der Waals surface area contributed by atoms with Crippen molar-refractivity contribution in [1.29, 1.82) is 0 Å². The zero-order valence-electron chi connectivity index (χ0n) is 6.82. The minimum atomic E-state index is -0.875. The highest BCUT2D eigenvalue weighted by Gasteiger charge is 1.94. The van der Waals surface area contributed by atoms with E-state index in [1.165, 1.54) is 12.8 Å². The van der Waals surface area contributed by atoms with Crippen LogP contribution in [0.3, 0.4) is 0 Å². The van der Waals surface area contributed by atoms with Crippen molar-refractivity contribution in [2.75, 3.05) is 13.2 Å². The Morgan fingerprint density at radius 2 is 1.67 bits per heavy atom. The van der Waals surface area contributed by atoms with Gasteiger partial charge in [-0.25, -0.2) is 4.79 Å². The summed E-state index contributed by atoms with van der Waals surface area (Å²) < 4.78 is 4.94. The third-order valence-electron chi connectivity index (χ3n) is 1.07. The molecule has 0 aromatic heterocycles. The van der Waals surface area contributed by atoms with E-state index in [4.69, 9.17) is 16.2 Å². The summed E-state index contributed by atoms with van der Waals surface area (Å²) in [6.07, 6.45) is 2.56. The maximum Gasteiger partial charge on any atom is 0.341 e. The number of urea groups is 1. The van der Waals surface area contributed by atoms with E-state index in [1.807, 2.05) is 0 Å². The molecule has 0 atom stereocenters. The van der Waals surface area contributed by atoms with Gasteiger partial charge in [0.05, 0.1) is 0 Å². The number of nitrogens with zero attached hydrogens (tertiary/aromatic N) is 1. The van der Waals surface area contributed by atoms with Crippen LogP contribution >= 0.6 is 0 Å². The van der Waals surface area contributed by atoms with E-state index in [2.05, 4.69) is 10.7 Å². The number of carbonyl (C=O) groups excluding carboxylic acids is 1. The van der Waals surface area contributed by atoms with Crippen LogP contribution in [-0.4, -0.2) is 25.2 Å². The van der Waals surface area contributed by atoms with Crippen LogP contribution in [0.25, 0.3) is 0 Å².